The standard InChI is InChI=1S/C14H19N3/c1-2-3-11-6-7-17(10-11)13-5-4-12(9-15)14(16)8-13/h4-5,8,11H,2-3,6-7,10,16H2,1H3. The van der Waals surface area contributed by atoms with Crippen LogP contribution in [0.3, 0.4) is 0 Å². The molecule has 17 heavy (non-hydrogen) atoms. The fourth-order valence-corrected chi connectivity index (χ4v) is 2.56. The van der Waals surface area contributed by atoms with Crippen LogP contribution in [0, 0.1) is 17.2 Å². The molecule has 1 aromatic rings. The number of nitrogens with zero attached hydrogens (tertiary/aromatic N) is 2. The SMILES string of the molecule is CCCC1CCN(c2ccc(C#N)c(N)c2)C1. The lowest BCUT2D eigenvalue weighted by Gasteiger charge is -2.19. The number of hydrogen-bond donors (Lipinski definition) is 1. The number of nitrogens with two attached hydrogens (primary N) is 1. The first-order valence-corrected chi connectivity index (χ1v) is 6.29. The average molecular weight is 229 g/mol. The molecule has 0 aliphatic carbocycles. The van der Waals surface area contributed by atoms with Gasteiger partial charge in [-0.3, -0.25) is 0 Å². The molecule has 0 radical (unpaired) electrons. The summed E-state index contributed by atoms with van der Waals surface area (Å²) in [5.41, 5.74) is 8.15. The number of hydrogen-bond acceptors (Lipinski definition) is 3. The molecule has 0 saturated carbocycles. The fourth-order valence-electron chi connectivity index (χ4n) is 2.56. The summed E-state index contributed by atoms with van der Waals surface area (Å²) in [4.78, 5) is 2.37. The van der Waals surface area contributed by atoms with Gasteiger partial charge in [-0.1, -0.05) is 13.3 Å². The van der Waals surface area contributed by atoms with Gasteiger partial charge in [0.05, 0.1) is 11.3 Å². The van der Waals surface area contributed by atoms with Gasteiger partial charge in [0.2, 0.25) is 0 Å². The van der Waals surface area contributed by atoms with Crippen molar-refractivity contribution >= 4 is 11.4 Å². The number of nitrogen functional groups attached to an aromatic ring is 1. The Morgan fingerprint density at radius 1 is 1.53 bits per heavy atom. The molecular weight excluding hydrogens is 210 g/mol. The molecular formula is C14H19N3. The molecule has 1 heterocycles. The molecule has 1 saturated heterocycles. The molecule has 0 bridgehead atoms. The zero-order valence-corrected chi connectivity index (χ0v) is 10.3. The van der Waals surface area contributed by atoms with Gasteiger partial charge in [-0.25, -0.2) is 0 Å². The summed E-state index contributed by atoms with van der Waals surface area (Å²) in [6.45, 7) is 4.47. The van der Waals surface area contributed by atoms with Crippen molar-refractivity contribution in [3.8, 4) is 6.07 Å². The predicted molar refractivity (Wildman–Crippen MR) is 70.8 cm³/mol. The van der Waals surface area contributed by atoms with Gasteiger partial charge in [0, 0.05) is 18.8 Å². The van der Waals surface area contributed by atoms with Gasteiger partial charge in [0.15, 0.2) is 0 Å². The van der Waals surface area contributed by atoms with Crippen LogP contribution in [0.4, 0.5) is 11.4 Å². The average Bonchev–Trinajstić information content (AvgIpc) is 2.78. The van der Waals surface area contributed by atoms with E-state index < -0.39 is 0 Å². The minimum absolute atomic E-state index is 0.568. The van der Waals surface area contributed by atoms with Crippen molar-refractivity contribution in [2.24, 2.45) is 5.92 Å². The van der Waals surface area contributed by atoms with E-state index in [4.69, 9.17) is 11.0 Å². The van der Waals surface area contributed by atoms with Gasteiger partial charge in [-0.2, -0.15) is 5.26 Å². The van der Waals surface area contributed by atoms with Gasteiger partial charge >= 0.3 is 0 Å². The van der Waals surface area contributed by atoms with E-state index in [1.54, 1.807) is 0 Å². The second-order valence-corrected chi connectivity index (χ2v) is 4.77. The highest BCUT2D eigenvalue weighted by Crippen LogP contribution is 2.28. The molecule has 1 fully saturated rings. The van der Waals surface area contributed by atoms with Crippen molar-refractivity contribution in [2.45, 2.75) is 26.2 Å². The van der Waals surface area contributed by atoms with Crippen LogP contribution in [-0.4, -0.2) is 13.1 Å². The quantitative estimate of drug-likeness (QED) is 0.811. The molecule has 90 valence electrons. The van der Waals surface area contributed by atoms with Gasteiger partial charge in [-0.05, 0) is 37.0 Å². The third-order valence-electron chi connectivity index (χ3n) is 3.50. The number of rotatable bonds is 3. The third-order valence-corrected chi connectivity index (χ3v) is 3.50. The minimum atomic E-state index is 0.568. The van der Waals surface area contributed by atoms with Crippen LogP contribution in [0.1, 0.15) is 31.7 Å². The van der Waals surface area contributed by atoms with Crippen LogP contribution in [0.2, 0.25) is 0 Å². The molecule has 1 atom stereocenters. The summed E-state index contributed by atoms with van der Waals surface area (Å²) in [5, 5.41) is 8.84. The van der Waals surface area contributed by atoms with Gasteiger partial charge in [0.1, 0.15) is 6.07 Å². The van der Waals surface area contributed by atoms with E-state index in [9.17, 15) is 0 Å². The fraction of sp³-hybridized carbons (Fsp3) is 0.500. The molecule has 3 heteroatoms. The van der Waals surface area contributed by atoms with Crippen molar-refractivity contribution in [2.75, 3.05) is 23.7 Å². The Balaban J connectivity index is 2.09. The Morgan fingerprint density at radius 2 is 2.35 bits per heavy atom. The van der Waals surface area contributed by atoms with E-state index in [-0.39, 0.29) is 0 Å². The zero-order valence-electron chi connectivity index (χ0n) is 10.3. The first-order valence-electron chi connectivity index (χ1n) is 6.29. The second-order valence-electron chi connectivity index (χ2n) is 4.77. The summed E-state index contributed by atoms with van der Waals surface area (Å²) in [7, 11) is 0. The topological polar surface area (TPSA) is 53.0 Å². The molecule has 3 nitrogen and oxygen atoms in total. The molecule has 1 unspecified atom stereocenters. The Hall–Kier alpha value is -1.69. The lowest BCUT2D eigenvalue weighted by atomic mass is 10.0. The zero-order chi connectivity index (χ0) is 12.3. The molecule has 1 aromatic carbocycles. The maximum atomic E-state index is 8.84. The van der Waals surface area contributed by atoms with Crippen LogP contribution in [-0.2, 0) is 0 Å². The molecule has 2 rings (SSSR count). The lowest BCUT2D eigenvalue weighted by molar-refractivity contribution is 0.530. The Labute approximate surface area is 103 Å². The highest BCUT2D eigenvalue weighted by molar-refractivity contribution is 5.63. The van der Waals surface area contributed by atoms with Crippen LogP contribution in [0.5, 0.6) is 0 Å². The van der Waals surface area contributed by atoms with Crippen molar-refractivity contribution < 1.29 is 0 Å². The minimum Gasteiger partial charge on any atom is -0.398 e. The Bertz CT molecular complexity index is 434. The molecule has 2 N–H and O–H groups in total. The van der Waals surface area contributed by atoms with Crippen molar-refractivity contribution in [1.82, 2.24) is 0 Å². The van der Waals surface area contributed by atoms with Crippen molar-refractivity contribution in [3.63, 3.8) is 0 Å². The van der Waals surface area contributed by atoms with E-state index in [0.717, 1.165) is 24.7 Å². The highest BCUT2D eigenvalue weighted by atomic mass is 15.1. The smallest absolute Gasteiger partial charge is 0.101 e. The molecule has 0 spiro atoms. The molecule has 1 aliphatic rings. The maximum absolute atomic E-state index is 8.84. The summed E-state index contributed by atoms with van der Waals surface area (Å²) in [6, 6.07) is 7.84. The largest absolute Gasteiger partial charge is 0.398 e. The normalized spacial score (nSPS) is 19.3. The van der Waals surface area contributed by atoms with Crippen LogP contribution < -0.4 is 10.6 Å². The maximum Gasteiger partial charge on any atom is 0.101 e. The number of benzene rings is 1. The van der Waals surface area contributed by atoms with Crippen LogP contribution in [0.15, 0.2) is 18.2 Å². The summed E-state index contributed by atoms with van der Waals surface area (Å²) >= 11 is 0. The van der Waals surface area contributed by atoms with Gasteiger partial charge < -0.3 is 10.6 Å². The van der Waals surface area contributed by atoms with E-state index in [1.807, 2.05) is 18.2 Å². The molecule has 0 aromatic heterocycles. The number of anilines is 2. The van der Waals surface area contributed by atoms with Crippen LogP contribution >= 0.6 is 0 Å². The summed E-state index contributed by atoms with van der Waals surface area (Å²) in [6.07, 6.45) is 3.84. The lowest BCUT2D eigenvalue weighted by Crippen LogP contribution is -2.19. The van der Waals surface area contributed by atoms with Crippen LogP contribution in [0.25, 0.3) is 0 Å². The second kappa shape index (κ2) is 5.09. The summed E-state index contributed by atoms with van der Waals surface area (Å²) < 4.78 is 0. The first-order chi connectivity index (χ1) is 8.24. The van der Waals surface area contributed by atoms with E-state index in [2.05, 4.69) is 17.9 Å². The Morgan fingerprint density at radius 3 is 3.00 bits per heavy atom. The van der Waals surface area contributed by atoms with E-state index in [1.165, 1.54) is 19.3 Å². The Kier molecular flexibility index (Phi) is 3.53. The van der Waals surface area contributed by atoms with E-state index in [0.29, 0.717) is 11.3 Å². The summed E-state index contributed by atoms with van der Waals surface area (Å²) in [5.74, 6) is 0.817. The number of nitriles is 1. The van der Waals surface area contributed by atoms with Gasteiger partial charge in [-0.15, -0.1) is 0 Å². The third kappa shape index (κ3) is 2.52. The molecule has 1 aliphatic heterocycles. The first kappa shape index (κ1) is 11.8. The van der Waals surface area contributed by atoms with E-state index >= 15 is 0 Å². The predicted octanol–water partition coefficient (Wildman–Crippen LogP) is 2.77. The van der Waals surface area contributed by atoms with Crippen molar-refractivity contribution in [1.29, 1.82) is 5.26 Å². The van der Waals surface area contributed by atoms with Crippen molar-refractivity contribution in [3.05, 3.63) is 23.8 Å². The highest BCUT2D eigenvalue weighted by Gasteiger charge is 2.22. The van der Waals surface area contributed by atoms with Gasteiger partial charge in [0.25, 0.3) is 0 Å². The monoisotopic (exact) mass is 229 g/mol. The molecule has 0 amide bonds.